The molecule has 0 N–H and O–H groups in total. The van der Waals surface area contributed by atoms with Crippen molar-refractivity contribution in [2.45, 2.75) is 0 Å². The lowest BCUT2D eigenvalue weighted by molar-refractivity contribution is 1.09. The second-order valence-corrected chi connectivity index (χ2v) is 13.6. The number of imidazole rings is 4. The highest BCUT2D eigenvalue weighted by molar-refractivity contribution is 6.10. The van der Waals surface area contributed by atoms with Gasteiger partial charge >= 0.3 is 0 Å². The third-order valence-corrected chi connectivity index (χ3v) is 10.7. The Morgan fingerprint density at radius 3 is 1.60 bits per heavy atom. The van der Waals surface area contributed by atoms with Crippen LogP contribution in [0.15, 0.2) is 176 Å². The Labute approximate surface area is 302 Å². The summed E-state index contributed by atoms with van der Waals surface area (Å²) in [6, 6.07) is 62.2. The van der Waals surface area contributed by atoms with E-state index < -0.39 is 0 Å². The quantitative estimate of drug-likeness (QED) is 0.186. The van der Waals surface area contributed by atoms with Gasteiger partial charge in [-0.1, -0.05) is 97.1 Å². The summed E-state index contributed by atoms with van der Waals surface area (Å²) >= 11 is 0. The highest BCUT2D eigenvalue weighted by Crippen LogP contribution is 2.39. The smallest absolute Gasteiger partial charge is 0.221 e. The zero-order valence-corrected chi connectivity index (χ0v) is 28.4. The molecule has 0 saturated heterocycles. The van der Waals surface area contributed by atoms with Crippen molar-refractivity contribution in [3.8, 4) is 28.2 Å². The van der Waals surface area contributed by atoms with Gasteiger partial charge in [0, 0.05) is 22.4 Å². The average molecular weight is 680 g/mol. The topological polar surface area (TPSA) is 49.4 Å². The molecule has 5 aromatic heterocycles. The van der Waals surface area contributed by atoms with Gasteiger partial charge < -0.3 is 0 Å². The molecule has 7 aromatic carbocycles. The third-order valence-electron chi connectivity index (χ3n) is 10.7. The van der Waals surface area contributed by atoms with Crippen molar-refractivity contribution in [1.29, 1.82) is 0 Å². The summed E-state index contributed by atoms with van der Waals surface area (Å²) in [5.41, 5.74) is 15.1. The first-order valence-electron chi connectivity index (χ1n) is 17.9. The third kappa shape index (κ3) is 3.88. The number of rotatable bonds is 4. The molecular weight excluding hydrogens is 651 g/mol. The van der Waals surface area contributed by atoms with Gasteiger partial charge in [0.1, 0.15) is 5.52 Å². The second kappa shape index (κ2) is 10.6. The van der Waals surface area contributed by atoms with Crippen molar-refractivity contribution < 1.29 is 0 Å². The van der Waals surface area contributed by atoms with Gasteiger partial charge in [-0.2, -0.15) is 0 Å². The van der Waals surface area contributed by atoms with E-state index >= 15 is 0 Å². The van der Waals surface area contributed by atoms with Crippen LogP contribution in [0.3, 0.4) is 0 Å². The lowest BCUT2D eigenvalue weighted by Crippen LogP contribution is -1.97. The first-order valence-corrected chi connectivity index (χ1v) is 17.9. The van der Waals surface area contributed by atoms with Crippen molar-refractivity contribution in [3.05, 3.63) is 176 Å². The largest absolute Gasteiger partial charge is 0.294 e. The Hall–Kier alpha value is -7.38. The van der Waals surface area contributed by atoms with Crippen LogP contribution in [0.1, 0.15) is 0 Å². The van der Waals surface area contributed by atoms with Crippen molar-refractivity contribution in [2.75, 3.05) is 0 Å². The van der Waals surface area contributed by atoms with Gasteiger partial charge in [0.05, 0.1) is 38.6 Å². The summed E-state index contributed by atoms with van der Waals surface area (Å²) < 4.78 is 11.6. The van der Waals surface area contributed by atoms with Crippen molar-refractivity contribution >= 4 is 66.7 Å². The fraction of sp³-hybridized carbons (Fsp3) is 0. The molecule has 0 bridgehead atoms. The Bertz CT molecular complexity index is 3380. The van der Waals surface area contributed by atoms with Crippen molar-refractivity contribution in [1.82, 2.24) is 32.5 Å². The maximum absolute atomic E-state index is 5.41. The zero-order valence-electron chi connectivity index (χ0n) is 28.4. The molecule has 0 aliphatic heterocycles. The summed E-state index contributed by atoms with van der Waals surface area (Å²) in [5.74, 6) is 1.78. The summed E-state index contributed by atoms with van der Waals surface area (Å²) in [5, 5.41) is 1.18. The molecule has 0 spiro atoms. The van der Waals surface area contributed by atoms with E-state index in [1.54, 1.807) is 0 Å². The minimum atomic E-state index is 0.880. The molecule has 0 aliphatic carbocycles. The van der Waals surface area contributed by atoms with Crippen LogP contribution < -0.4 is 0 Å². The molecule has 0 fully saturated rings. The van der Waals surface area contributed by atoms with Crippen LogP contribution in [0.5, 0.6) is 0 Å². The number of fused-ring (bicyclic) bond motifs is 12. The lowest BCUT2D eigenvalue weighted by Gasteiger charge is -2.08. The van der Waals surface area contributed by atoms with Gasteiger partial charge in [-0.25, -0.2) is 9.97 Å². The van der Waals surface area contributed by atoms with Crippen LogP contribution in [0.4, 0.5) is 0 Å². The molecule has 0 radical (unpaired) electrons. The molecule has 0 aliphatic rings. The van der Waals surface area contributed by atoms with E-state index in [1.807, 2.05) is 6.07 Å². The Balaban J connectivity index is 1.13. The van der Waals surface area contributed by atoms with Gasteiger partial charge in [0.15, 0.2) is 5.65 Å². The van der Waals surface area contributed by atoms with Crippen LogP contribution in [0.25, 0.3) is 94.9 Å². The first kappa shape index (κ1) is 28.3. The van der Waals surface area contributed by atoms with Crippen LogP contribution in [0, 0.1) is 0 Å². The van der Waals surface area contributed by atoms with Crippen molar-refractivity contribution in [2.24, 2.45) is 0 Å². The summed E-state index contributed by atoms with van der Waals surface area (Å²) in [6.45, 7) is 0. The SMILES string of the molecule is c1ccc(-n2c3ccc(-c4ccc5c(c4)nc4n(-c6ccccc6)c6c7ccccc7n(-c7ccccc7)c6n54)cc3n3c4ccccc4nc23)cc1. The average Bonchev–Trinajstić information content (AvgIpc) is 4.01. The minimum Gasteiger partial charge on any atom is -0.294 e. The van der Waals surface area contributed by atoms with Gasteiger partial charge in [0.25, 0.3) is 0 Å². The second-order valence-electron chi connectivity index (χ2n) is 13.6. The maximum Gasteiger partial charge on any atom is 0.221 e. The fourth-order valence-corrected chi connectivity index (χ4v) is 8.41. The number of benzene rings is 7. The predicted molar refractivity (Wildman–Crippen MR) is 215 cm³/mol. The van der Waals surface area contributed by atoms with Gasteiger partial charge in [0.2, 0.25) is 11.6 Å². The van der Waals surface area contributed by atoms with Crippen LogP contribution in [-0.4, -0.2) is 32.5 Å². The van der Waals surface area contributed by atoms with Crippen LogP contribution in [-0.2, 0) is 0 Å². The molecule has 0 saturated carbocycles. The zero-order chi connectivity index (χ0) is 34.6. The molecular formula is C46H29N7. The molecule has 248 valence electrons. The van der Waals surface area contributed by atoms with E-state index in [4.69, 9.17) is 9.97 Å². The minimum absolute atomic E-state index is 0.880. The Morgan fingerprint density at radius 1 is 0.340 bits per heavy atom. The summed E-state index contributed by atoms with van der Waals surface area (Å²) in [7, 11) is 0. The van der Waals surface area contributed by atoms with E-state index in [9.17, 15) is 0 Å². The van der Waals surface area contributed by atoms with E-state index in [2.05, 4.69) is 192 Å². The molecule has 53 heavy (non-hydrogen) atoms. The highest BCUT2D eigenvalue weighted by Gasteiger charge is 2.25. The van der Waals surface area contributed by atoms with Crippen molar-refractivity contribution in [3.63, 3.8) is 0 Å². The number of nitrogens with zero attached hydrogens (tertiary/aromatic N) is 7. The Morgan fingerprint density at radius 2 is 0.868 bits per heavy atom. The van der Waals surface area contributed by atoms with E-state index in [1.165, 1.54) is 5.39 Å². The number of hydrogen-bond donors (Lipinski definition) is 0. The molecule has 7 nitrogen and oxygen atoms in total. The number of para-hydroxylation sites is 6. The van der Waals surface area contributed by atoms with Gasteiger partial charge in [-0.15, -0.1) is 0 Å². The van der Waals surface area contributed by atoms with E-state index in [0.717, 1.165) is 89.5 Å². The molecule has 0 atom stereocenters. The molecule has 12 aromatic rings. The van der Waals surface area contributed by atoms with Crippen LogP contribution >= 0.6 is 0 Å². The highest BCUT2D eigenvalue weighted by atomic mass is 15.3. The molecule has 0 unspecified atom stereocenters. The summed E-state index contributed by atoms with van der Waals surface area (Å²) in [6.07, 6.45) is 0. The molecule has 12 rings (SSSR count). The normalized spacial score (nSPS) is 12.2. The monoisotopic (exact) mass is 679 g/mol. The lowest BCUT2D eigenvalue weighted by atomic mass is 10.0. The van der Waals surface area contributed by atoms with E-state index in [-0.39, 0.29) is 0 Å². The maximum atomic E-state index is 5.41. The fourth-order valence-electron chi connectivity index (χ4n) is 8.41. The number of hydrogen-bond acceptors (Lipinski definition) is 2. The standard InChI is InChI=1S/C46H29N7/c1-4-14-32(15-5-1)49-38-22-12-10-20-35(38)43-44(49)53-40-26-24-30(28-37(40)48-46(53)51(43)34-18-8-3-9-19-34)31-25-27-41-42(29-31)52-39-23-13-11-21-36(39)47-45(52)50(41)33-16-6-2-7-17-33/h1-29H. The van der Waals surface area contributed by atoms with Crippen LogP contribution in [0.2, 0.25) is 0 Å². The molecule has 0 amide bonds. The summed E-state index contributed by atoms with van der Waals surface area (Å²) in [4.78, 5) is 10.5. The van der Waals surface area contributed by atoms with Gasteiger partial charge in [-0.05, 0) is 90.0 Å². The molecule has 5 heterocycles. The van der Waals surface area contributed by atoms with E-state index in [0.29, 0.717) is 0 Å². The number of aromatic nitrogens is 7. The molecule has 7 heteroatoms. The predicted octanol–water partition coefficient (Wildman–Crippen LogP) is 10.8. The Kier molecular flexibility index (Phi) is 5.65. The first-order chi connectivity index (χ1) is 26.3. The van der Waals surface area contributed by atoms with Gasteiger partial charge in [-0.3, -0.25) is 22.5 Å².